The molecule has 0 atom stereocenters. The first kappa shape index (κ1) is 19.6. The van der Waals surface area contributed by atoms with Crippen LogP contribution in [0.2, 0.25) is 0 Å². The largest absolute Gasteiger partial charge is 0.367 e. The van der Waals surface area contributed by atoms with Crippen LogP contribution >= 0.6 is 0 Å². The van der Waals surface area contributed by atoms with Gasteiger partial charge in [-0.25, -0.2) is 4.39 Å². The molecule has 0 aromatic heterocycles. The van der Waals surface area contributed by atoms with Gasteiger partial charge in [-0.15, -0.1) is 0 Å². The second-order valence-electron chi connectivity index (χ2n) is 9.92. The number of carbonyl (C=O) groups excluding carboxylic acids is 1. The third-order valence-electron chi connectivity index (χ3n) is 7.66. The lowest BCUT2D eigenvalue weighted by Crippen LogP contribution is -2.43. The minimum atomic E-state index is -0.154. The summed E-state index contributed by atoms with van der Waals surface area (Å²) in [4.78, 5) is 15.0. The normalized spacial score (nSPS) is 19.8. The highest BCUT2D eigenvalue weighted by atomic mass is 19.1. The quantitative estimate of drug-likeness (QED) is 0.684. The predicted octanol–water partition coefficient (Wildman–Crippen LogP) is 5.91. The number of fused-ring (bicyclic) bond motifs is 1. The summed E-state index contributed by atoms with van der Waals surface area (Å²) in [5.41, 5.74) is 7.27. The number of rotatable bonds is 4. The van der Waals surface area contributed by atoms with E-state index in [1.807, 2.05) is 6.07 Å². The summed E-state index contributed by atoms with van der Waals surface area (Å²) in [7, 11) is 0. The van der Waals surface area contributed by atoms with Crippen molar-refractivity contribution in [2.45, 2.75) is 65.3 Å². The van der Waals surface area contributed by atoms with Gasteiger partial charge in [-0.05, 0) is 104 Å². The summed E-state index contributed by atoms with van der Waals surface area (Å²) in [5.74, 6) is 0.573. The zero-order valence-electron chi connectivity index (χ0n) is 18.1. The molecule has 0 unspecified atom stereocenters. The van der Waals surface area contributed by atoms with Crippen molar-refractivity contribution in [2.24, 2.45) is 11.3 Å². The third kappa shape index (κ3) is 3.61. The van der Waals surface area contributed by atoms with E-state index in [4.69, 9.17) is 0 Å². The van der Waals surface area contributed by atoms with Crippen molar-refractivity contribution in [3.8, 4) is 0 Å². The molecule has 2 aromatic rings. The van der Waals surface area contributed by atoms with Gasteiger partial charge in [-0.1, -0.05) is 12.5 Å². The van der Waals surface area contributed by atoms with Crippen molar-refractivity contribution >= 4 is 17.3 Å². The Labute approximate surface area is 178 Å². The van der Waals surface area contributed by atoms with E-state index in [9.17, 15) is 9.18 Å². The van der Waals surface area contributed by atoms with Crippen LogP contribution in [-0.2, 0) is 17.8 Å². The van der Waals surface area contributed by atoms with Crippen LogP contribution < -0.4 is 10.2 Å². The maximum Gasteiger partial charge on any atom is 0.224 e. The Morgan fingerprint density at radius 3 is 2.53 bits per heavy atom. The van der Waals surface area contributed by atoms with Gasteiger partial charge in [0.05, 0.1) is 0 Å². The van der Waals surface area contributed by atoms with Gasteiger partial charge in [0.25, 0.3) is 0 Å². The highest BCUT2D eigenvalue weighted by molar-refractivity contribution is 5.93. The number of hydrogen-bond acceptors (Lipinski definition) is 2. The van der Waals surface area contributed by atoms with Gasteiger partial charge in [-0.3, -0.25) is 4.79 Å². The number of anilines is 2. The molecule has 1 heterocycles. The molecule has 2 aromatic carbocycles. The molecule has 2 saturated carbocycles. The lowest BCUT2D eigenvalue weighted by molar-refractivity contribution is -0.120. The Morgan fingerprint density at radius 2 is 1.87 bits per heavy atom. The fourth-order valence-corrected chi connectivity index (χ4v) is 5.91. The maximum absolute atomic E-state index is 13.5. The van der Waals surface area contributed by atoms with Gasteiger partial charge in [-0.2, -0.15) is 0 Å². The van der Waals surface area contributed by atoms with Crippen molar-refractivity contribution in [2.75, 3.05) is 16.8 Å². The van der Waals surface area contributed by atoms with Gasteiger partial charge < -0.3 is 10.2 Å². The monoisotopic (exact) mass is 406 g/mol. The number of benzene rings is 2. The molecule has 3 nitrogen and oxygen atoms in total. The van der Waals surface area contributed by atoms with Crippen LogP contribution in [0.1, 0.15) is 60.8 Å². The molecule has 1 aliphatic heterocycles. The standard InChI is InChI=1S/C26H31FN2O/c1-17-10-23(29-9-6-20-13-22(27)5-4-21(20)16-29)11-18(2)25(17)28-24(30)12-19-14-26(15-19)7-3-8-26/h4-5,10-11,13,19H,3,6-9,12,14-16H2,1-2H3,(H,28,30). The molecular weight excluding hydrogens is 375 g/mol. The first-order chi connectivity index (χ1) is 14.4. The molecule has 0 bridgehead atoms. The molecule has 5 rings (SSSR count). The number of nitrogens with one attached hydrogen (secondary N) is 1. The Balaban J connectivity index is 1.24. The number of nitrogens with zero attached hydrogens (tertiary/aromatic N) is 1. The van der Waals surface area contributed by atoms with E-state index in [0.717, 1.165) is 41.9 Å². The average Bonchev–Trinajstić information content (AvgIpc) is 2.65. The third-order valence-corrected chi connectivity index (χ3v) is 7.66. The molecule has 30 heavy (non-hydrogen) atoms. The second-order valence-corrected chi connectivity index (χ2v) is 9.92. The fraction of sp³-hybridized carbons (Fsp3) is 0.500. The number of aryl methyl sites for hydroxylation is 2. The van der Waals surface area contributed by atoms with Gasteiger partial charge >= 0.3 is 0 Å². The number of hydrogen-bond donors (Lipinski definition) is 1. The smallest absolute Gasteiger partial charge is 0.224 e. The van der Waals surface area contributed by atoms with Gasteiger partial charge in [0, 0.05) is 30.9 Å². The number of carbonyl (C=O) groups is 1. The van der Waals surface area contributed by atoms with Gasteiger partial charge in [0.2, 0.25) is 5.91 Å². The first-order valence-electron chi connectivity index (χ1n) is 11.3. The predicted molar refractivity (Wildman–Crippen MR) is 119 cm³/mol. The van der Waals surface area contributed by atoms with Gasteiger partial charge in [0.1, 0.15) is 5.82 Å². The Hall–Kier alpha value is -2.36. The van der Waals surface area contributed by atoms with E-state index in [0.29, 0.717) is 17.8 Å². The average molecular weight is 407 g/mol. The zero-order chi connectivity index (χ0) is 20.9. The molecule has 0 saturated heterocycles. The van der Waals surface area contributed by atoms with E-state index >= 15 is 0 Å². The van der Waals surface area contributed by atoms with Crippen molar-refractivity contribution < 1.29 is 9.18 Å². The lowest BCUT2D eigenvalue weighted by atomic mass is 9.51. The molecule has 158 valence electrons. The summed E-state index contributed by atoms with van der Waals surface area (Å²) in [6.45, 7) is 5.83. The summed E-state index contributed by atoms with van der Waals surface area (Å²) in [6, 6.07) is 9.45. The topological polar surface area (TPSA) is 32.3 Å². The molecule has 2 aliphatic carbocycles. The molecular formula is C26H31FN2O. The fourth-order valence-electron chi connectivity index (χ4n) is 5.91. The zero-order valence-corrected chi connectivity index (χ0v) is 18.1. The first-order valence-corrected chi connectivity index (χ1v) is 11.3. The van der Waals surface area contributed by atoms with Crippen LogP contribution in [0.4, 0.5) is 15.8 Å². The van der Waals surface area contributed by atoms with Crippen LogP contribution in [0.5, 0.6) is 0 Å². The lowest BCUT2D eigenvalue weighted by Gasteiger charge is -2.54. The Morgan fingerprint density at radius 1 is 1.13 bits per heavy atom. The molecule has 3 aliphatic rings. The van der Waals surface area contributed by atoms with E-state index in [1.165, 1.54) is 43.4 Å². The summed E-state index contributed by atoms with van der Waals surface area (Å²) in [6.07, 6.45) is 8.13. The highest BCUT2D eigenvalue weighted by Gasteiger charge is 2.48. The van der Waals surface area contributed by atoms with Gasteiger partial charge in [0.15, 0.2) is 0 Å². The molecule has 1 amide bonds. The van der Waals surface area contributed by atoms with Crippen molar-refractivity contribution in [1.29, 1.82) is 0 Å². The van der Waals surface area contributed by atoms with Crippen LogP contribution in [0.3, 0.4) is 0 Å². The minimum absolute atomic E-state index is 0.154. The van der Waals surface area contributed by atoms with Crippen molar-refractivity contribution in [3.05, 3.63) is 58.4 Å². The Kier molecular flexibility index (Phi) is 4.83. The van der Waals surface area contributed by atoms with Crippen LogP contribution in [0.25, 0.3) is 0 Å². The van der Waals surface area contributed by atoms with Crippen LogP contribution in [0, 0.1) is 31.0 Å². The van der Waals surface area contributed by atoms with Crippen LogP contribution in [-0.4, -0.2) is 12.5 Å². The Bertz CT molecular complexity index is 964. The number of halogens is 1. The number of amides is 1. The molecule has 4 heteroatoms. The summed E-state index contributed by atoms with van der Waals surface area (Å²) < 4.78 is 13.5. The van der Waals surface area contributed by atoms with E-state index in [-0.39, 0.29) is 11.7 Å². The second kappa shape index (κ2) is 7.40. The molecule has 1 spiro atoms. The molecule has 0 radical (unpaired) electrons. The SMILES string of the molecule is Cc1cc(N2CCc3cc(F)ccc3C2)cc(C)c1NC(=O)CC1CC2(CCC2)C1. The van der Waals surface area contributed by atoms with Crippen molar-refractivity contribution in [1.82, 2.24) is 0 Å². The highest BCUT2D eigenvalue weighted by Crippen LogP contribution is 2.59. The van der Waals surface area contributed by atoms with E-state index in [2.05, 4.69) is 36.2 Å². The van der Waals surface area contributed by atoms with E-state index in [1.54, 1.807) is 12.1 Å². The molecule has 1 N–H and O–H groups in total. The minimum Gasteiger partial charge on any atom is -0.367 e. The summed E-state index contributed by atoms with van der Waals surface area (Å²) >= 11 is 0. The summed E-state index contributed by atoms with van der Waals surface area (Å²) in [5, 5.41) is 3.19. The maximum atomic E-state index is 13.5. The molecule has 2 fully saturated rings. The van der Waals surface area contributed by atoms with Crippen molar-refractivity contribution in [3.63, 3.8) is 0 Å². The van der Waals surface area contributed by atoms with E-state index < -0.39 is 0 Å². The van der Waals surface area contributed by atoms with Crippen LogP contribution in [0.15, 0.2) is 30.3 Å².